The Labute approximate surface area is 220 Å². The van der Waals surface area contributed by atoms with E-state index in [0.29, 0.717) is 19.3 Å². The van der Waals surface area contributed by atoms with Gasteiger partial charge in [0.2, 0.25) is 5.78 Å². The number of carbonyl (C=O) groups excluding carboxylic acids is 3. The second kappa shape index (κ2) is 10.2. The number of aliphatic hydroxyl groups is 7. The van der Waals surface area contributed by atoms with E-state index < -0.39 is 71.9 Å². The van der Waals surface area contributed by atoms with Crippen molar-refractivity contribution in [2.75, 3.05) is 13.2 Å². The van der Waals surface area contributed by atoms with Crippen molar-refractivity contribution in [3.05, 3.63) is 23.8 Å². The average molecular weight is 539 g/mol. The molecule has 0 saturated heterocycles. The smallest absolute Gasteiger partial charge is 0.338 e. The van der Waals surface area contributed by atoms with Crippen LogP contribution in [0, 0.1) is 28.6 Å². The van der Waals surface area contributed by atoms with Crippen LogP contribution in [0.2, 0.25) is 0 Å². The third kappa shape index (κ3) is 4.38. The topological polar surface area (TPSA) is 202 Å². The summed E-state index contributed by atoms with van der Waals surface area (Å²) < 4.78 is 4.86. The van der Waals surface area contributed by atoms with Crippen LogP contribution < -0.4 is 0 Å². The number of Topliss-reactive ketones (excluding diaryl/α,β-unsaturated/α-hetero) is 1. The van der Waals surface area contributed by atoms with Crippen LogP contribution in [0.15, 0.2) is 23.8 Å². The number of esters is 1. The van der Waals surface area contributed by atoms with Crippen LogP contribution in [0.4, 0.5) is 0 Å². The summed E-state index contributed by atoms with van der Waals surface area (Å²) in [5.74, 6) is -2.61. The molecule has 11 heteroatoms. The quantitative estimate of drug-likeness (QED) is 0.178. The molecule has 38 heavy (non-hydrogen) atoms. The molecule has 4 aliphatic carbocycles. The summed E-state index contributed by atoms with van der Waals surface area (Å²) in [4.78, 5) is 37.5. The lowest BCUT2D eigenvalue weighted by molar-refractivity contribution is -0.185. The Kier molecular flexibility index (Phi) is 7.78. The molecule has 0 heterocycles. The molecule has 3 fully saturated rings. The van der Waals surface area contributed by atoms with Gasteiger partial charge in [-0.1, -0.05) is 25.5 Å². The second-order valence-electron chi connectivity index (χ2n) is 11.8. The molecule has 212 valence electrons. The number of fused-ring (bicyclic) bond motifs is 5. The number of carbonyl (C=O) groups is 3. The van der Waals surface area contributed by atoms with Gasteiger partial charge in [0.05, 0.1) is 12.7 Å². The number of ether oxygens (including phenoxy) is 1. The highest BCUT2D eigenvalue weighted by atomic mass is 16.6. The lowest BCUT2D eigenvalue weighted by Gasteiger charge is -2.59. The molecular formula is C27H38O11. The Balaban J connectivity index is 1.48. The molecular weight excluding hydrogens is 500 g/mol. The molecule has 11 atom stereocenters. The zero-order chi connectivity index (χ0) is 28.2. The van der Waals surface area contributed by atoms with Crippen molar-refractivity contribution in [3.63, 3.8) is 0 Å². The van der Waals surface area contributed by atoms with Crippen molar-refractivity contribution in [1.29, 1.82) is 0 Å². The number of rotatable bonds is 8. The molecule has 0 unspecified atom stereocenters. The van der Waals surface area contributed by atoms with Gasteiger partial charge in [-0.05, 0) is 56.1 Å². The summed E-state index contributed by atoms with van der Waals surface area (Å²) in [6.45, 7) is 1.96. The number of allylic oxidation sites excluding steroid dienone is 4. The minimum absolute atomic E-state index is 0.00969. The van der Waals surface area contributed by atoms with Crippen LogP contribution in [0.25, 0.3) is 0 Å². The minimum Gasteiger partial charge on any atom is -0.456 e. The first-order chi connectivity index (χ1) is 17.7. The van der Waals surface area contributed by atoms with Crippen LogP contribution in [0.1, 0.15) is 46.0 Å². The van der Waals surface area contributed by atoms with E-state index in [1.807, 2.05) is 13.0 Å². The standard InChI is InChI=1S/C27H38O11/c1-25-7-5-14(29)9-13(25)3-4-15-16-6-8-27(37,26(16,2)10-17(30)20(15)25)19(32)12-38-24(36)23(35)22(34)21(33)18(31)11-28/h5,7,9,15-18,20-23,28,30-31,33-35,37H,3-4,6,8,10-12H2,1-2H3/t15-,16-,17-,18+,20+,21+,22-,23+,25-,26-,27-/m0/s1. The van der Waals surface area contributed by atoms with E-state index in [-0.39, 0.29) is 36.4 Å². The first-order valence-electron chi connectivity index (χ1n) is 13.1. The predicted octanol–water partition coefficient (Wildman–Crippen LogP) is -1.46. The van der Waals surface area contributed by atoms with Crippen LogP contribution in [-0.4, -0.2) is 103 Å². The molecule has 0 aromatic rings. The normalized spacial score (nSPS) is 41.2. The Morgan fingerprint density at radius 3 is 2.47 bits per heavy atom. The first-order valence-corrected chi connectivity index (χ1v) is 13.1. The zero-order valence-corrected chi connectivity index (χ0v) is 21.6. The van der Waals surface area contributed by atoms with Gasteiger partial charge in [0.15, 0.2) is 18.5 Å². The zero-order valence-electron chi connectivity index (χ0n) is 21.6. The predicted molar refractivity (Wildman–Crippen MR) is 130 cm³/mol. The van der Waals surface area contributed by atoms with Crippen molar-refractivity contribution in [2.24, 2.45) is 28.6 Å². The summed E-state index contributed by atoms with van der Waals surface area (Å²) in [5.41, 5.74) is -2.43. The number of hydrogen-bond donors (Lipinski definition) is 7. The molecule has 0 aliphatic heterocycles. The number of ketones is 2. The van der Waals surface area contributed by atoms with Crippen molar-refractivity contribution < 1.29 is 54.9 Å². The van der Waals surface area contributed by atoms with Gasteiger partial charge in [0, 0.05) is 16.7 Å². The van der Waals surface area contributed by atoms with Gasteiger partial charge in [-0.15, -0.1) is 0 Å². The molecule has 3 saturated carbocycles. The van der Waals surface area contributed by atoms with Gasteiger partial charge < -0.3 is 40.5 Å². The molecule has 11 nitrogen and oxygen atoms in total. The van der Waals surface area contributed by atoms with Crippen LogP contribution in [0.5, 0.6) is 0 Å². The molecule has 0 aromatic heterocycles. The van der Waals surface area contributed by atoms with Gasteiger partial charge in [-0.2, -0.15) is 0 Å². The van der Waals surface area contributed by atoms with Gasteiger partial charge in [-0.25, -0.2) is 4.79 Å². The Morgan fingerprint density at radius 2 is 1.82 bits per heavy atom. The van der Waals surface area contributed by atoms with Crippen LogP contribution >= 0.6 is 0 Å². The second-order valence-corrected chi connectivity index (χ2v) is 11.8. The van der Waals surface area contributed by atoms with Gasteiger partial charge in [0.25, 0.3) is 0 Å². The van der Waals surface area contributed by atoms with E-state index in [1.165, 1.54) is 6.08 Å². The van der Waals surface area contributed by atoms with E-state index >= 15 is 0 Å². The summed E-state index contributed by atoms with van der Waals surface area (Å²) >= 11 is 0. The first kappa shape index (κ1) is 29.0. The van der Waals surface area contributed by atoms with E-state index in [1.54, 1.807) is 13.0 Å². The van der Waals surface area contributed by atoms with E-state index in [2.05, 4.69) is 0 Å². The molecule has 0 amide bonds. The fourth-order valence-electron chi connectivity index (χ4n) is 7.79. The average Bonchev–Trinajstić information content (AvgIpc) is 3.16. The summed E-state index contributed by atoms with van der Waals surface area (Å²) in [7, 11) is 0. The number of aliphatic hydroxyl groups excluding tert-OH is 6. The summed E-state index contributed by atoms with van der Waals surface area (Å²) in [5, 5.41) is 70.9. The number of hydrogen-bond acceptors (Lipinski definition) is 11. The highest BCUT2D eigenvalue weighted by Crippen LogP contribution is 2.67. The fourth-order valence-corrected chi connectivity index (χ4v) is 7.79. The highest BCUT2D eigenvalue weighted by molar-refractivity contribution is 6.01. The highest BCUT2D eigenvalue weighted by Gasteiger charge is 2.68. The lowest BCUT2D eigenvalue weighted by Crippen LogP contribution is -2.62. The van der Waals surface area contributed by atoms with E-state index in [4.69, 9.17) is 9.84 Å². The van der Waals surface area contributed by atoms with Gasteiger partial charge >= 0.3 is 5.97 Å². The molecule has 0 spiro atoms. The largest absolute Gasteiger partial charge is 0.456 e. The van der Waals surface area contributed by atoms with Crippen molar-refractivity contribution >= 4 is 17.5 Å². The Hall–Kier alpha value is -1.99. The molecule has 7 N–H and O–H groups in total. The maximum atomic E-state index is 13.3. The maximum Gasteiger partial charge on any atom is 0.338 e. The van der Waals surface area contributed by atoms with Gasteiger partial charge in [0.1, 0.15) is 23.9 Å². The van der Waals surface area contributed by atoms with Crippen LogP contribution in [0.3, 0.4) is 0 Å². The van der Waals surface area contributed by atoms with Crippen molar-refractivity contribution in [1.82, 2.24) is 0 Å². The third-order valence-corrected chi connectivity index (χ3v) is 9.95. The van der Waals surface area contributed by atoms with Crippen LogP contribution in [-0.2, 0) is 19.1 Å². The van der Waals surface area contributed by atoms with Gasteiger partial charge in [-0.3, -0.25) is 9.59 Å². The maximum absolute atomic E-state index is 13.3. The van der Waals surface area contributed by atoms with E-state index in [0.717, 1.165) is 5.57 Å². The molecule has 4 rings (SSSR count). The fraction of sp³-hybridized carbons (Fsp3) is 0.741. The van der Waals surface area contributed by atoms with Crippen molar-refractivity contribution in [2.45, 2.75) is 82.1 Å². The summed E-state index contributed by atoms with van der Waals surface area (Å²) in [6.07, 6.45) is -2.03. The lowest BCUT2D eigenvalue weighted by atomic mass is 9.46. The Morgan fingerprint density at radius 1 is 1.13 bits per heavy atom. The Bertz CT molecular complexity index is 1040. The molecule has 0 bridgehead atoms. The molecule has 0 radical (unpaired) electrons. The molecule has 0 aromatic carbocycles. The van der Waals surface area contributed by atoms with Crippen molar-refractivity contribution in [3.8, 4) is 0 Å². The SMILES string of the molecule is C[C@]12C=CC(=O)C=C1CC[C@@H]1[C@@H]2[C@@H](O)C[C@@]2(C)[C@H]1CC[C@]2(O)C(=O)COC(=O)[C@H](O)[C@@H](O)[C@H](O)[C@H](O)CO. The minimum atomic E-state index is -2.31. The summed E-state index contributed by atoms with van der Waals surface area (Å²) in [6, 6.07) is 0. The monoisotopic (exact) mass is 538 g/mol. The third-order valence-electron chi connectivity index (χ3n) is 9.95. The molecule has 4 aliphatic rings. The van der Waals surface area contributed by atoms with E-state index in [9.17, 15) is 45.0 Å².